The summed E-state index contributed by atoms with van der Waals surface area (Å²) in [6, 6.07) is 12.8. The molecule has 3 aromatic rings. The summed E-state index contributed by atoms with van der Waals surface area (Å²) in [4.78, 5) is 23.2. The number of rotatable bonds is 9. The van der Waals surface area contributed by atoms with Crippen molar-refractivity contribution in [1.82, 2.24) is 24.8 Å². The molecule has 1 aliphatic heterocycles. The van der Waals surface area contributed by atoms with Gasteiger partial charge in [0.1, 0.15) is 17.9 Å². The van der Waals surface area contributed by atoms with Crippen LogP contribution in [-0.4, -0.2) is 64.7 Å². The maximum Gasteiger partial charge on any atom is 0.245 e. The van der Waals surface area contributed by atoms with Crippen LogP contribution < -0.4 is 5.32 Å². The van der Waals surface area contributed by atoms with E-state index in [1.165, 1.54) is 11.1 Å². The number of hydrogen-bond acceptors (Lipinski definition) is 5. The monoisotopic (exact) mass is 475 g/mol. The minimum atomic E-state index is -0.263. The number of carbonyl (C=O) groups is 1. The molecule has 1 aliphatic rings. The van der Waals surface area contributed by atoms with E-state index in [0.29, 0.717) is 0 Å². The third-order valence-electron chi connectivity index (χ3n) is 6.92. The van der Waals surface area contributed by atoms with Crippen molar-refractivity contribution in [3.05, 3.63) is 65.6 Å². The van der Waals surface area contributed by atoms with Crippen LogP contribution in [0.2, 0.25) is 0 Å². The number of hydrogen-bond donors (Lipinski definition) is 1. The van der Waals surface area contributed by atoms with Gasteiger partial charge in [0.05, 0.1) is 11.6 Å². The van der Waals surface area contributed by atoms with Gasteiger partial charge < -0.3 is 14.6 Å². The second-order valence-corrected chi connectivity index (χ2v) is 9.63. The zero-order valence-electron chi connectivity index (χ0n) is 21.3. The second kappa shape index (κ2) is 11.1. The van der Waals surface area contributed by atoms with Crippen molar-refractivity contribution in [3.8, 4) is 0 Å². The molecule has 1 saturated heterocycles. The van der Waals surface area contributed by atoms with Crippen molar-refractivity contribution < 1.29 is 9.53 Å². The van der Waals surface area contributed by atoms with E-state index in [1.807, 2.05) is 18.3 Å². The van der Waals surface area contributed by atoms with Gasteiger partial charge in [-0.1, -0.05) is 43.3 Å². The maximum atomic E-state index is 11.3. The van der Waals surface area contributed by atoms with Crippen LogP contribution in [0.1, 0.15) is 50.6 Å². The SMILES string of the molecule is CCc1nc2cccnc2n1C(C)(C)c1ccc(C=CCN2CCC(OCC(=O)NC)CC2)cc1. The lowest BCUT2D eigenvalue weighted by atomic mass is 9.92. The highest BCUT2D eigenvalue weighted by molar-refractivity contribution is 5.76. The molecule has 1 amide bonds. The molecule has 0 saturated carbocycles. The molecule has 0 spiro atoms. The van der Waals surface area contributed by atoms with E-state index in [1.54, 1.807) is 7.05 Å². The van der Waals surface area contributed by atoms with Gasteiger partial charge in [-0.05, 0) is 49.9 Å². The summed E-state index contributed by atoms with van der Waals surface area (Å²) in [5, 5.41) is 2.60. The van der Waals surface area contributed by atoms with Crippen LogP contribution in [-0.2, 0) is 21.5 Å². The number of amides is 1. The minimum absolute atomic E-state index is 0.0642. The van der Waals surface area contributed by atoms with Crippen LogP contribution in [0.5, 0.6) is 0 Å². The van der Waals surface area contributed by atoms with E-state index in [4.69, 9.17) is 9.72 Å². The molecule has 2 aromatic heterocycles. The average molecular weight is 476 g/mol. The zero-order valence-corrected chi connectivity index (χ0v) is 21.3. The molecule has 0 bridgehead atoms. The molecule has 1 aromatic carbocycles. The summed E-state index contributed by atoms with van der Waals surface area (Å²) in [7, 11) is 1.64. The Bertz CT molecular complexity index is 1160. The molecule has 0 atom stereocenters. The Morgan fingerprint density at radius 1 is 1.20 bits per heavy atom. The molecule has 3 heterocycles. The first kappa shape index (κ1) is 25.1. The molecule has 0 aliphatic carbocycles. The van der Waals surface area contributed by atoms with Crippen molar-refractivity contribution in [2.24, 2.45) is 0 Å². The number of imidazole rings is 1. The highest BCUT2D eigenvalue weighted by Crippen LogP contribution is 2.31. The van der Waals surface area contributed by atoms with Crippen molar-refractivity contribution >= 4 is 23.1 Å². The molecule has 4 rings (SSSR count). The predicted octanol–water partition coefficient (Wildman–Crippen LogP) is 4.02. The molecule has 7 nitrogen and oxygen atoms in total. The van der Waals surface area contributed by atoms with Crippen LogP contribution >= 0.6 is 0 Å². The standard InChI is InChI=1S/C28H37N5O2/c1-5-25-31-24-9-6-16-30-27(24)33(25)28(2,3)22-12-10-21(11-13-22)8-7-17-32-18-14-23(15-19-32)35-20-26(34)29-4/h6-13,16,23H,5,14-15,17-20H2,1-4H3,(H,29,34). The fourth-order valence-corrected chi connectivity index (χ4v) is 4.78. The first-order valence-corrected chi connectivity index (χ1v) is 12.6. The zero-order chi connectivity index (χ0) is 24.8. The minimum Gasteiger partial charge on any atom is -0.368 e. The van der Waals surface area contributed by atoms with Gasteiger partial charge in [-0.3, -0.25) is 9.69 Å². The van der Waals surface area contributed by atoms with E-state index in [2.05, 4.69) is 77.0 Å². The Hall–Kier alpha value is -3.03. The number of benzene rings is 1. The Morgan fingerprint density at radius 3 is 2.63 bits per heavy atom. The lowest BCUT2D eigenvalue weighted by molar-refractivity contribution is -0.128. The van der Waals surface area contributed by atoms with E-state index in [-0.39, 0.29) is 24.2 Å². The van der Waals surface area contributed by atoms with Gasteiger partial charge in [0.2, 0.25) is 5.91 Å². The normalized spacial score (nSPS) is 15.8. The first-order chi connectivity index (χ1) is 16.9. The number of carbonyl (C=O) groups excluding carboxylic acids is 1. The summed E-state index contributed by atoms with van der Waals surface area (Å²) in [5.74, 6) is 0.987. The number of piperidine rings is 1. The van der Waals surface area contributed by atoms with E-state index in [0.717, 1.165) is 55.9 Å². The van der Waals surface area contributed by atoms with Crippen LogP contribution in [0.4, 0.5) is 0 Å². The third kappa shape index (κ3) is 5.80. The third-order valence-corrected chi connectivity index (χ3v) is 6.92. The molecular weight excluding hydrogens is 438 g/mol. The number of pyridine rings is 1. The van der Waals surface area contributed by atoms with Crippen molar-refractivity contribution in [3.63, 3.8) is 0 Å². The summed E-state index contributed by atoms with van der Waals surface area (Å²) < 4.78 is 7.97. The lowest BCUT2D eigenvalue weighted by Gasteiger charge is -2.31. The van der Waals surface area contributed by atoms with Crippen molar-refractivity contribution in [2.75, 3.05) is 33.3 Å². The molecule has 0 radical (unpaired) electrons. The quantitative estimate of drug-likeness (QED) is 0.506. The fraction of sp³-hybridized carbons (Fsp3) is 0.464. The number of likely N-dealkylation sites (N-methyl/N-ethyl adjacent to an activating group) is 1. The molecule has 1 fully saturated rings. The molecular formula is C28H37N5O2. The Balaban J connectivity index is 1.35. The number of aromatic nitrogens is 3. The fourth-order valence-electron chi connectivity index (χ4n) is 4.78. The van der Waals surface area contributed by atoms with Gasteiger partial charge in [0, 0.05) is 39.3 Å². The summed E-state index contributed by atoms with van der Waals surface area (Å²) in [5.41, 5.74) is 4.03. The Kier molecular flexibility index (Phi) is 7.98. The summed E-state index contributed by atoms with van der Waals surface area (Å²) in [6.07, 6.45) is 9.23. The number of nitrogens with one attached hydrogen (secondary N) is 1. The summed E-state index contributed by atoms with van der Waals surface area (Å²) >= 11 is 0. The van der Waals surface area contributed by atoms with Gasteiger partial charge >= 0.3 is 0 Å². The number of likely N-dealkylation sites (tertiary alicyclic amines) is 1. The van der Waals surface area contributed by atoms with Crippen molar-refractivity contribution in [2.45, 2.75) is 51.7 Å². The molecule has 186 valence electrons. The van der Waals surface area contributed by atoms with Crippen LogP contribution in [0.3, 0.4) is 0 Å². The van der Waals surface area contributed by atoms with Gasteiger partial charge in [0.15, 0.2) is 5.65 Å². The van der Waals surface area contributed by atoms with Crippen molar-refractivity contribution in [1.29, 1.82) is 0 Å². The number of ether oxygens (including phenoxy) is 1. The van der Waals surface area contributed by atoms with Gasteiger partial charge in [-0.15, -0.1) is 0 Å². The average Bonchev–Trinajstić information content (AvgIpc) is 3.28. The maximum absolute atomic E-state index is 11.3. The largest absolute Gasteiger partial charge is 0.368 e. The second-order valence-electron chi connectivity index (χ2n) is 9.63. The molecule has 0 unspecified atom stereocenters. The molecule has 1 N–H and O–H groups in total. The highest BCUT2D eigenvalue weighted by Gasteiger charge is 2.28. The smallest absolute Gasteiger partial charge is 0.245 e. The highest BCUT2D eigenvalue weighted by atomic mass is 16.5. The number of nitrogens with zero attached hydrogens (tertiary/aromatic N) is 4. The Labute approximate surface area is 208 Å². The van der Waals surface area contributed by atoms with E-state index < -0.39 is 0 Å². The topological polar surface area (TPSA) is 72.3 Å². The lowest BCUT2D eigenvalue weighted by Crippen LogP contribution is -2.38. The van der Waals surface area contributed by atoms with Gasteiger partial charge in [0.25, 0.3) is 0 Å². The Morgan fingerprint density at radius 2 is 1.94 bits per heavy atom. The van der Waals surface area contributed by atoms with Crippen LogP contribution in [0.25, 0.3) is 17.2 Å². The van der Waals surface area contributed by atoms with Crippen LogP contribution in [0.15, 0.2) is 48.7 Å². The van der Waals surface area contributed by atoms with E-state index in [9.17, 15) is 4.79 Å². The van der Waals surface area contributed by atoms with Gasteiger partial charge in [-0.25, -0.2) is 9.97 Å². The number of fused-ring (bicyclic) bond motifs is 1. The van der Waals surface area contributed by atoms with E-state index >= 15 is 0 Å². The number of aryl methyl sites for hydroxylation is 1. The van der Waals surface area contributed by atoms with Crippen LogP contribution in [0, 0.1) is 0 Å². The molecule has 35 heavy (non-hydrogen) atoms. The first-order valence-electron chi connectivity index (χ1n) is 12.6. The molecule has 7 heteroatoms. The van der Waals surface area contributed by atoms with Gasteiger partial charge in [-0.2, -0.15) is 0 Å². The summed E-state index contributed by atoms with van der Waals surface area (Å²) in [6.45, 7) is 9.65. The predicted molar refractivity (Wildman–Crippen MR) is 140 cm³/mol.